The van der Waals surface area contributed by atoms with Crippen LogP contribution in [0.3, 0.4) is 0 Å². The van der Waals surface area contributed by atoms with Crippen LogP contribution in [0.15, 0.2) is 60.9 Å². The van der Waals surface area contributed by atoms with Crippen molar-refractivity contribution < 1.29 is 19.5 Å². The van der Waals surface area contributed by atoms with Gasteiger partial charge in [0.15, 0.2) is 0 Å². The number of pyridine rings is 1. The number of hydrazine groups is 1. The van der Waals surface area contributed by atoms with Gasteiger partial charge in [-0.1, -0.05) is 47.5 Å². The van der Waals surface area contributed by atoms with Crippen LogP contribution < -0.4 is 21.1 Å². The molecule has 36 heavy (non-hydrogen) atoms. The molecule has 0 unspecified atom stereocenters. The zero-order valence-electron chi connectivity index (χ0n) is 20.2. The van der Waals surface area contributed by atoms with E-state index in [0.717, 1.165) is 22.3 Å². The Hall–Kier alpha value is -4.40. The summed E-state index contributed by atoms with van der Waals surface area (Å²) in [5.74, 6) is -0.914. The van der Waals surface area contributed by atoms with E-state index < -0.39 is 17.9 Å². The lowest BCUT2D eigenvalue weighted by atomic mass is 9.96. The summed E-state index contributed by atoms with van der Waals surface area (Å²) < 4.78 is 0. The summed E-state index contributed by atoms with van der Waals surface area (Å²) in [6, 6.07) is 14.6. The van der Waals surface area contributed by atoms with Gasteiger partial charge in [0, 0.05) is 42.7 Å². The number of benzene rings is 2. The fraction of sp³-hybridized carbons (Fsp3) is 0.259. The molecule has 9 nitrogen and oxygen atoms in total. The summed E-state index contributed by atoms with van der Waals surface area (Å²) in [6.07, 6.45) is 3.40. The number of aryl methyl sites for hydroxylation is 2. The normalized spacial score (nSPS) is 13.7. The van der Waals surface area contributed by atoms with E-state index >= 15 is 0 Å². The third kappa shape index (κ3) is 5.80. The number of piperidine rings is 1. The lowest BCUT2D eigenvalue weighted by molar-refractivity contribution is 0.0846. The molecule has 3 amide bonds. The van der Waals surface area contributed by atoms with Crippen molar-refractivity contribution in [3.05, 3.63) is 83.2 Å². The van der Waals surface area contributed by atoms with Crippen molar-refractivity contribution >= 4 is 23.6 Å². The summed E-state index contributed by atoms with van der Waals surface area (Å²) in [6.45, 7) is 5.15. The van der Waals surface area contributed by atoms with Crippen molar-refractivity contribution in [3.63, 3.8) is 0 Å². The quantitative estimate of drug-likeness (QED) is 0.407. The van der Waals surface area contributed by atoms with E-state index in [1.54, 1.807) is 36.5 Å². The Morgan fingerprint density at radius 2 is 1.56 bits per heavy atom. The molecule has 9 heteroatoms. The van der Waals surface area contributed by atoms with E-state index in [1.165, 1.54) is 6.20 Å². The van der Waals surface area contributed by atoms with Gasteiger partial charge in [0.2, 0.25) is 0 Å². The fourth-order valence-corrected chi connectivity index (χ4v) is 4.57. The van der Waals surface area contributed by atoms with Crippen LogP contribution in [0.25, 0.3) is 11.1 Å². The molecule has 0 radical (unpaired) electrons. The maximum Gasteiger partial charge on any atom is 0.404 e. The molecule has 4 N–H and O–H groups in total. The van der Waals surface area contributed by atoms with E-state index in [9.17, 15) is 14.4 Å². The van der Waals surface area contributed by atoms with Gasteiger partial charge in [0.05, 0.1) is 11.3 Å². The van der Waals surface area contributed by atoms with Crippen LogP contribution in [0.5, 0.6) is 0 Å². The zero-order valence-corrected chi connectivity index (χ0v) is 20.2. The van der Waals surface area contributed by atoms with Crippen molar-refractivity contribution in [2.75, 3.05) is 18.0 Å². The number of amides is 3. The Bertz CT molecular complexity index is 1250. The predicted octanol–water partition coefficient (Wildman–Crippen LogP) is 3.68. The second-order valence-corrected chi connectivity index (χ2v) is 8.94. The summed E-state index contributed by atoms with van der Waals surface area (Å²) in [5, 5.41) is 11.6. The number of carboxylic acid groups (broad SMARTS) is 1. The number of carbonyl (C=O) groups excluding carboxylic acids is 2. The van der Waals surface area contributed by atoms with Crippen LogP contribution in [0, 0.1) is 13.8 Å². The van der Waals surface area contributed by atoms with E-state index in [0.29, 0.717) is 42.7 Å². The Kier molecular flexibility index (Phi) is 7.48. The number of aromatic nitrogens is 1. The van der Waals surface area contributed by atoms with Crippen LogP contribution >= 0.6 is 0 Å². The van der Waals surface area contributed by atoms with E-state index in [-0.39, 0.29) is 6.04 Å². The first-order valence-electron chi connectivity index (χ1n) is 11.8. The number of carbonyl (C=O) groups is 3. The Balaban J connectivity index is 1.65. The van der Waals surface area contributed by atoms with E-state index in [1.807, 2.05) is 26.0 Å². The molecule has 2 aromatic carbocycles. The Morgan fingerprint density at radius 1 is 0.917 bits per heavy atom. The SMILES string of the molecule is Cc1cc(C)cc(-c2cncc(C(=O)NNC(=O)c3ccccc3)c2N2CCC(NC(=O)O)CC2)c1. The smallest absolute Gasteiger partial charge is 0.404 e. The third-order valence-electron chi connectivity index (χ3n) is 6.16. The summed E-state index contributed by atoms with van der Waals surface area (Å²) in [4.78, 5) is 43.2. The maximum absolute atomic E-state index is 13.3. The minimum Gasteiger partial charge on any atom is -0.465 e. The highest BCUT2D eigenvalue weighted by molar-refractivity contribution is 6.04. The number of hydrogen-bond acceptors (Lipinski definition) is 5. The van der Waals surface area contributed by atoms with Crippen LogP contribution in [0.2, 0.25) is 0 Å². The van der Waals surface area contributed by atoms with Gasteiger partial charge in [0.25, 0.3) is 11.8 Å². The van der Waals surface area contributed by atoms with E-state index in [4.69, 9.17) is 5.11 Å². The van der Waals surface area contributed by atoms with Crippen molar-refractivity contribution in [1.29, 1.82) is 0 Å². The van der Waals surface area contributed by atoms with Gasteiger partial charge in [-0.2, -0.15) is 0 Å². The van der Waals surface area contributed by atoms with Gasteiger partial charge in [-0.05, 0) is 44.4 Å². The maximum atomic E-state index is 13.3. The summed E-state index contributed by atoms with van der Waals surface area (Å²) in [7, 11) is 0. The summed E-state index contributed by atoms with van der Waals surface area (Å²) >= 11 is 0. The highest BCUT2D eigenvalue weighted by Crippen LogP contribution is 2.36. The molecular weight excluding hydrogens is 458 g/mol. The molecule has 0 bridgehead atoms. The van der Waals surface area contributed by atoms with Crippen molar-refractivity contribution in [2.24, 2.45) is 0 Å². The number of anilines is 1. The van der Waals surface area contributed by atoms with E-state index in [2.05, 4.69) is 32.1 Å². The highest BCUT2D eigenvalue weighted by Gasteiger charge is 2.27. The monoisotopic (exact) mass is 487 g/mol. The van der Waals surface area contributed by atoms with Gasteiger partial charge in [-0.15, -0.1) is 0 Å². The first-order chi connectivity index (χ1) is 17.3. The van der Waals surface area contributed by atoms with Gasteiger partial charge in [-0.25, -0.2) is 4.79 Å². The molecule has 0 spiro atoms. The van der Waals surface area contributed by atoms with Crippen LogP contribution in [0.1, 0.15) is 44.7 Å². The zero-order chi connectivity index (χ0) is 25.7. The molecule has 1 aliphatic rings. The van der Waals surface area contributed by atoms with Crippen molar-refractivity contribution in [3.8, 4) is 11.1 Å². The first kappa shape index (κ1) is 24.7. The fourth-order valence-electron chi connectivity index (χ4n) is 4.57. The minimum atomic E-state index is -1.04. The summed E-state index contributed by atoms with van der Waals surface area (Å²) in [5.41, 5.74) is 10.4. The third-order valence-corrected chi connectivity index (χ3v) is 6.16. The molecule has 1 aliphatic heterocycles. The average Bonchev–Trinajstić information content (AvgIpc) is 2.86. The molecule has 1 aromatic heterocycles. The molecule has 3 aromatic rings. The molecule has 1 saturated heterocycles. The largest absolute Gasteiger partial charge is 0.465 e. The second kappa shape index (κ2) is 10.9. The van der Waals surface area contributed by atoms with Gasteiger partial charge < -0.3 is 15.3 Å². The molecule has 1 fully saturated rings. The van der Waals surface area contributed by atoms with Gasteiger partial charge >= 0.3 is 6.09 Å². The number of nitrogens with one attached hydrogen (secondary N) is 3. The second-order valence-electron chi connectivity index (χ2n) is 8.94. The molecule has 0 atom stereocenters. The number of rotatable bonds is 5. The first-order valence-corrected chi connectivity index (χ1v) is 11.8. The van der Waals surface area contributed by atoms with Crippen molar-refractivity contribution in [2.45, 2.75) is 32.7 Å². The molecule has 4 rings (SSSR count). The lowest BCUT2D eigenvalue weighted by Crippen LogP contribution is -2.46. The standard InChI is InChI=1S/C27H29N5O4/c1-17-12-18(2)14-20(13-17)22-15-28-16-23(24(22)32-10-8-21(9-11-32)29-27(35)36)26(34)31-30-25(33)19-6-4-3-5-7-19/h3-7,12-16,21,29H,8-11H2,1-2H3,(H,30,33)(H,31,34)(H,35,36). The Labute approximate surface area is 209 Å². The van der Waals surface area contributed by atoms with Crippen LogP contribution in [-0.4, -0.2) is 47.1 Å². The molecule has 2 heterocycles. The van der Waals surface area contributed by atoms with Crippen molar-refractivity contribution in [1.82, 2.24) is 21.2 Å². The lowest BCUT2D eigenvalue weighted by Gasteiger charge is -2.35. The number of hydrogen-bond donors (Lipinski definition) is 4. The molecule has 0 saturated carbocycles. The highest BCUT2D eigenvalue weighted by atomic mass is 16.4. The average molecular weight is 488 g/mol. The number of nitrogens with zero attached hydrogens (tertiary/aromatic N) is 2. The predicted molar refractivity (Wildman–Crippen MR) is 137 cm³/mol. The minimum absolute atomic E-state index is 0.146. The van der Waals surface area contributed by atoms with Crippen LogP contribution in [-0.2, 0) is 0 Å². The molecule has 186 valence electrons. The van der Waals surface area contributed by atoms with Gasteiger partial charge in [-0.3, -0.25) is 25.4 Å². The van der Waals surface area contributed by atoms with Crippen LogP contribution in [0.4, 0.5) is 10.5 Å². The molecular formula is C27H29N5O4. The molecule has 0 aliphatic carbocycles. The van der Waals surface area contributed by atoms with Gasteiger partial charge in [0.1, 0.15) is 0 Å². The Morgan fingerprint density at radius 3 is 2.19 bits per heavy atom. The topological polar surface area (TPSA) is 124 Å².